The van der Waals surface area contributed by atoms with E-state index in [1.165, 1.54) is 25.7 Å². The molecule has 1 aliphatic rings. The predicted octanol–water partition coefficient (Wildman–Crippen LogP) is 2.76. The van der Waals surface area contributed by atoms with Crippen LogP contribution in [0.4, 0.5) is 0 Å². The monoisotopic (exact) mass is 197 g/mol. The molecule has 1 atom stereocenters. The van der Waals surface area contributed by atoms with E-state index in [9.17, 15) is 5.11 Å². The van der Waals surface area contributed by atoms with Crippen molar-refractivity contribution in [1.82, 2.24) is 4.98 Å². The third-order valence-corrected chi connectivity index (χ3v) is 3.43. The first-order valence-corrected chi connectivity index (χ1v) is 5.86. The third-order valence-electron chi connectivity index (χ3n) is 2.82. The van der Waals surface area contributed by atoms with Crippen molar-refractivity contribution in [2.75, 3.05) is 0 Å². The molecule has 13 heavy (non-hydrogen) atoms. The molecular formula is C10H15NOS. The summed E-state index contributed by atoms with van der Waals surface area (Å²) < 4.78 is 0. The van der Waals surface area contributed by atoms with Crippen molar-refractivity contribution < 1.29 is 5.11 Å². The number of hydrogen-bond acceptors (Lipinski definition) is 3. The smallest absolute Gasteiger partial charge is 0.0970 e. The molecule has 0 bridgehead atoms. The van der Waals surface area contributed by atoms with Gasteiger partial charge in [0.15, 0.2) is 0 Å². The van der Waals surface area contributed by atoms with Crippen molar-refractivity contribution >= 4 is 11.3 Å². The summed E-state index contributed by atoms with van der Waals surface area (Å²) in [6, 6.07) is 0. The minimum Gasteiger partial charge on any atom is -0.387 e. The summed E-state index contributed by atoms with van der Waals surface area (Å²) in [5.41, 5.74) is 2.64. The summed E-state index contributed by atoms with van der Waals surface area (Å²) in [6.07, 6.45) is 5.85. The van der Waals surface area contributed by atoms with E-state index in [1.807, 2.05) is 5.38 Å². The Morgan fingerprint density at radius 1 is 1.54 bits per heavy atom. The fraction of sp³-hybridized carbons (Fsp3) is 0.700. The molecule has 0 amide bonds. The molecular weight excluding hydrogens is 182 g/mol. The highest BCUT2D eigenvalue weighted by Crippen LogP contribution is 2.32. The van der Waals surface area contributed by atoms with Gasteiger partial charge in [-0.15, -0.1) is 11.3 Å². The second kappa shape index (κ2) is 4.20. The Kier molecular flexibility index (Phi) is 2.96. The molecule has 0 aromatic carbocycles. The fourth-order valence-electron chi connectivity index (χ4n) is 2.07. The van der Waals surface area contributed by atoms with Crippen LogP contribution in [-0.2, 0) is 0 Å². The highest BCUT2D eigenvalue weighted by Gasteiger charge is 2.20. The van der Waals surface area contributed by atoms with Crippen LogP contribution in [0.1, 0.15) is 43.9 Å². The lowest BCUT2D eigenvalue weighted by molar-refractivity contribution is 0.141. The number of rotatable bonds is 3. The average Bonchev–Trinajstić information content (AvgIpc) is 2.74. The summed E-state index contributed by atoms with van der Waals surface area (Å²) in [5.74, 6) is 0.733. The van der Waals surface area contributed by atoms with Gasteiger partial charge in [-0.05, 0) is 12.3 Å². The number of thiazole rings is 1. The van der Waals surface area contributed by atoms with Crippen LogP contribution in [0.2, 0.25) is 0 Å². The van der Waals surface area contributed by atoms with Crippen molar-refractivity contribution in [3.8, 4) is 0 Å². The van der Waals surface area contributed by atoms with Crippen LogP contribution in [-0.4, -0.2) is 10.1 Å². The molecule has 1 aliphatic carbocycles. The molecule has 0 aliphatic heterocycles. The number of nitrogens with zero attached hydrogens (tertiary/aromatic N) is 1. The fourth-order valence-corrected chi connectivity index (χ4v) is 2.67. The Labute approximate surface area is 82.6 Å². The molecule has 1 N–H and O–H groups in total. The average molecular weight is 197 g/mol. The molecule has 0 saturated heterocycles. The van der Waals surface area contributed by atoms with Gasteiger partial charge in [-0.25, -0.2) is 4.98 Å². The zero-order valence-corrected chi connectivity index (χ0v) is 8.46. The van der Waals surface area contributed by atoms with E-state index in [0.29, 0.717) is 0 Å². The first-order valence-electron chi connectivity index (χ1n) is 4.92. The Morgan fingerprint density at radius 3 is 2.92 bits per heavy atom. The molecule has 1 unspecified atom stereocenters. The van der Waals surface area contributed by atoms with Gasteiger partial charge in [0, 0.05) is 5.38 Å². The van der Waals surface area contributed by atoms with Gasteiger partial charge in [-0.2, -0.15) is 0 Å². The maximum absolute atomic E-state index is 9.81. The van der Waals surface area contributed by atoms with Crippen molar-refractivity contribution in [1.29, 1.82) is 0 Å². The van der Waals surface area contributed by atoms with Crippen LogP contribution in [0.25, 0.3) is 0 Å². The summed E-state index contributed by atoms with van der Waals surface area (Å²) in [5, 5.41) is 11.8. The molecule has 2 rings (SSSR count). The largest absolute Gasteiger partial charge is 0.387 e. The zero-order chi connectivity index (χ0) is 9.10. The van der Waals surface area contributed by atoms with E-state index < -0.39 is 0 Å². The van der Waals surface area contributed by atoms with E-state index in [4.69, 9.17) is 0 Å². The molecule has 0 spiro atoms. The minimum atomic E-state index is -0.325. The van der Waals surface area contributed by atoms with Crippen LogP contribution in [0.3, 0.4) is 0 Å². The van der Waals surface area contributed by atoms with Crippen molar-refractivity contribution in [3.63, 3.8) is 0 Å². The Morgan fingerprint density at radius 2 is 2.31 bits per heavy atom. The zero-order valence-electron chi connectivity index (χ0n) is 7.65. The topological polar surface area (TPSA) is 33.1 Å². The van der Waals surface area contributed by atoms with Crippen LogP contribution >= 0.6 is 11.3 Å². The molecule has 1 saturated carbocycles. The van der Waals surface area contributed by atoms with Crippen LogP contribution in [0.5, 0.6) is 0 Å². The van der Waals surface area contributed by atoms with Crippen LogP contribution in [0.15, 0.2) is 10.9 Å². The van der Waals surface area contributed by atoms with Gasteiger partial charge < -0.3 is 5.11 Å². The quantitative estimate of drug-likeness (QED) is 0.808. The SMILES string of the molecule is OC(CC1CCCC1)c1cscn1. The maximum atomic E-state index is 9.81. The Balaban J connectivity index is 1.87. The van der Waals surface area contributed by atoms with Crippen molar-refractivity contribution in [3.05, 3.63) is 16.6 Å². The van der Waals surface area contributed by atoms with Gasteiger partial charge in [-0.1, -0.05) is 25.7 Å². The van der Waals surface area contributed by atoms with E-state index >= 15 is 0 Å². The number of aliphatic hydroxyl groups is 1. The van der Waals surface area contributed by atoms with Gasteiger partial charge >= 0.3 is 0 Å². The standard InChI is InChI=1S/C10H15NOS/c12-10(9-6-13-7-11-9)5-8-3-1-2-4-8/h6-8,10,12H,1-5H2. The molecule has 0 radical (unpaired) electrons. The summed E-state index contributed by atoms with van der Waals surface area (Å²) >= 11 is 1.55. The van der Waals surface area contributed by atoms with Gasteiger partial charge in [0.25, 0.3) is 0 Å². The Hall–Kier alpha value is -0.410. The van der Waals surface area contributed by atoms with Gasteiger partial charge in [0.2, 0.25) is 0 Å². The highest BCUT2D eigenvalue weighted by molar-refractivity contribution is 7.07. The molecule has 1 aromatic heterocycles. The van der Waals surface area contributed by atoms with Gasteiger partial charge in [-0.3, -0.25) is 0 Å². The Bertz CT molecular complexity index is 241. The lowest BCUT2D eigenvalue weighted by Crippen LogP contribution is -2.04. The summed E-state index contributed by atoms with van der Waals surface area (Å²) in [6.45, 7) is 0. The second-order valence-corrected chi connectivity index (χ2v) is 4.53. The third kappa shape index (κ3) is 2.29. The minimum absolute atomic E-state index is 0.325. The normalized spacial score (nSPS) is 20.7. The lowest BCUT2D eigenvalue weighted by atomic mass is 9.99. The number of hydrogen-bond donors (Lipinski definition) is 1. The van der Waals surface area contributed by atoms with Crippen molar-refractivity contribution in [2.24, 2.45) is 5.92 Å². The number of aliphatic hydroxyl groups excluding tert-OH is 1. The van der Waals surface area contributed by atoms with Crippen LogP contribution in [0, 0.1) is 5.92 Å². The first kappa shape index (κ1) is 9.16. The van der Waals surface area contributed by atoms with E-state index in [2.05, 4.69) is 4.98 Å². The molecule has 72 valence electrons. The van der Waals surface area contributed by atoms with E-state index in [-0.39, 0.29) is 6.10 Å². The van der Waals surface area contributed by atoms with E-state index in [0.717, 1.165) is 18.0 Å². The highest BCUT2D eigenvalue weighted by atomic mass is 32.1. The second-order valence-electron chi connectivity index (χ2n) is 3.82. The molecule has 1 fully saturated rings. The van der Waals surface area contributed by atoms with Gasteiger partial charge in [0.1, 0.15) is 0 Å². The van der Waals surface area contributed by atoms with Gasteiger partial charge in [0.05, 0.1) is 17.3 Å². The van der Waals surface area contributed by atoms with Crippen LogP contribution < -0.4 is 0 Å². The lowest BCUT2D eigenvalue weighted by Gasteiger charge is -2.12. The molecule has 1 aromatic rings. The number of aromatic nitrogens is 1. The first-order chi connectivity index (χ1) is 6.36. The summed E-state index contributed by atoms with van der Waals surface area (Å²) in [4.78, 5) is 4.13. The molecule has 2 nitrogen and oxygen atoms in total. The predicted molar refractivity (Wildman–Crippen MR) is 53.6 cm³/mol. The molecule has 3 heteroatoms. The molecule has 1 heterocycles. The summed E-state index contributed by atoms with van der Waals surface area (Å²) in [7, 11) is 0. The van der Waals surface area contributed by atoms with Crippen molar-refractivity contribution in [2.45, 2.75) is 38.2 Å². The maximum Gasteiger partial charge on any atom is 0.0970 e. The van der Waals surface area contributed by atoms with E-state index in [1.54, 1.807) is 16.8 Å².